The molecule has 1 aliphatic rings. The molecule has 182 valence electrons. The molecule has 0 amide bonds. The minimum absolute atomic E-state index is 0. The number of methoxy groups -OCH3 is 1. The van der Waals surface area contributed by atoms with E-state index in [1.165, 1.54) is 5.56 Å². The van der Waals surface area contributed by atoms with Crippen LogP contribution in [0, 0.1) is 0 Å². The van der Waals surface area contributed by atoms with Crippen LogP contribution in [0.2, 0.25) is 0 Å². The SMILES string of the molecule is CCNC(=NCC(CO)c1ccccc1)NCC(c1ccc(OC)cc1)N1CCOCC1.I. The first kappa shape index (κ1) is 27.4. The number of hydrogen-bond donors (Lipinski definition) is 3. The van der Waals surface area contributed by atoms with Gasteiger partial charge in [0.2, 0.25) is 0 Å². The van der Waals surface area contributed by atoms with Crippen molar-refractivity contribution in [3.8, 4) is 5.75 Å². The minimum Gasteiger partial charge on any atom is -0.497 e. The maximum absolute atomic E-state index is 9.86. The molecule has 2 aromatic carbocycles. The Kier molecular flexibility index (Phi) is 12.5. The summed E-state index contributed by atoms with van der Waals surface area (Å²) < 4.78 is 10.9. The van der Waals surface area contributed by atoms with Crippen LogP contribution >= 0.6 is 24.0 Å². The van der Waals surface area contributed by atoms with E-state index >= 15 is 0 Å². The van der Waals surface area contributed by atoms with E-state index in [1.54, 1.807) is 7.11 Å². The van der Waals surface area contributed by atoms with E-state index in [0.29, 0.717) is 13.1 Å². The molecular formula is C25H37IN4O3. The number of ether oxygens (including phenoxy) is 2. The highest BCUT2D eigenvalue weighted by Gasteiger charge is 2.23. The molecule has 0 radical (unpaired) electrons. The van der Waals surface area contributed by atoms with Crippen LogP contribution in [0.4, 0.5) is 0 Å². The van der Waals surface area contributed by atoms with Crippen molar-refractivity contribution in [2.45, 2.75) is 18.9 Å². The molecule has 33 heavy (non-hydrogen) atoms. The lowest BCUT2D eigenvalue weighted by Gasteiger charge is -2.35. The van der Waals surface area contributed by atoms with E-state index in [0.717, 1.165) is 50.1 Å². The molecule has 0 saturated carbocycles. The predicted molar refractivity (Wildman–Crippen MR) is 144 cm³/mol. The van der Waals surface area contributed by atoms with Gasteiger partial charge in [0.1, 0.15) is 5.75 Å². The Morgan fingerprint density at radius 3 is 2.36 bits per heavy atom. The zero-order valence-corrected chi connectivity index (χ0v) is 21.9. The summed E-state index contributed by atoms with van der Waals surface area (Å²) in [7, 11) is 1.68. The average molecular weight is 569 g/mol. The minimum atomic E-state index is -0.0247. The summed E-state index contributed by atoms with van der Waals surface area (Å²) in [6.07, 6.45) is 0. The van der Waals surface area contributed by atoms with Crippen LogP contribution in [0.3, 0.4) is 0 Å². The van der Waals surface area contributed by atoms with Gasteiger partial charge >= 0.3 is 0 Å². The van der Waals surface area contributed by atoms with E-state index < -0.39 is 0 Å². The summed E-state index contributed by atoms with van der Waals surface area (Å²) in [4.78, 5) is 7.22. The fourth-order valence-electron chi connectivity index (χ4n) is 3.90. The van der Waals surface area contributed by atoms with Crippen molar-refractivity contribution in [3.05, 3.63) is 65.7 Å². The van der Waals surface area contributed by atoms with Crippen LogP contribution < -0.4 is 15.4 Å². The third kappa shape index (κ3) is 8.44. The normalized spacial score (nSPS) is 16.4. The molecule has 1 fully saturated rings. The van der Waals surface area contributed by atoms with Crippen LogP contribution in [-0.4, -0.2) is 75.6 Å². The number of benzene rings is 2. The van der Waals surface area contributed by atoms with Crippen molar-refractivity contribution >= 4 is 29.9 Å². The number of nitrogens with zero attached hydrogens (tertiary/aromatic N) is 2. The van der Waals surface area contributed by atoms with Crippen LogP contribution in [0.25, 0.3) is 0 Å². The van der Waals surface area contributed by atoms with Gasteiger partial charge in [-0.05, 0) is 30.2 Å². The van der Waals surface area contributed by atoms with Gasteiger partial charge in [0.25, 0.3) is 0 Å². The summed E-state index contributed by atoms with van der Waals surface area (Å²) in [5, 5.41) is 16.7. The summed E-state index contributed by atoms with van der Waals surface area (Å²) in [6.45, 7) is 7.40. The van der Waals surface area contributed by atoms with E-state index in [2.05, 4.69) is 34.6 Å². The van der Waals surface area contributed by atoms with Gasteiger partial charge in [0, 0.05) is 32.1 Å². The van der Waals surface area contributed by atoms with Gasteiger partial charge in [-0.15, -0.1) is 24.0 Å². The van der Waals surface area contributed by atoms with Gasteiger partial charge in [0.05, 0.1) is 39.5 Å². The molecule has 3 rings (SSSR count). The zero-order valence-electron chi connectivity index (χ0n) is 19.6. The molecule has 1 saturated heterocycles. The number of aliphatic imine (C=N–C) groups is 1. The van der Waals surface area contributed by atoms with Crippen LogP contribution in [0.1, 0.15) is 30.0 Å². The zero-order chi connectivity index (χ0) is 22.6. The molecule has 2 aromatic rings. The largest absolute Gasteiger partial charge is 0.497 e. The maximum atomic E-state index is 9.86. The first-order chi connectivity index (χ1) is 15.7. The Morgan fingerprint density at radius 1 is 1.06 bits per heavy atom. The van der Waals surface area contributed by atoms with Gasteiger partial charge < -0.3 is 25.2 Å². The standard InChI is InChI=1S/C25H36N4O3.HI/c1-3-26-25(27-17-22(19-30)20-7-5-4-6-8-20)28-18-24(29-13-15-32-16-14-29)21-9-11-23(31-2)12-10-21;/h4-12,22,24,30H,3,13-19H2,1-2H3,(H2,26,27,28);1H. The average Bonchev–Trinajstić information content (AvgIpc) is 2.86. The molecule has 0 aliphatic carbocycles. The van der Waals surface area contributed by atoms with Gasteiger partial charge in [-0.3, -0.25) is 9.89 Å². The topological polar surface area (TPSA) is 78.4 Å². The van der Waals surface area contributed by atoms with Crippen molar-refractivity contribution in [1.82, 2.24) is 15.5 Å². The monoisotopic (exact) mass is 568 g/mol. The highest BCUT2D eigenvalue weighted by atomic mass is 127. The molecule has 0 bridgehead atoms. The Labute approximate surface area is 214 Å². The molecular weight excluding hydrogens is 531 g/mol. The number of halogens is 1. The number of hydrogen-bond acceptors (Lipinski definition) is 5. The van der Waals surface area contributed by atoms with Gasteiger partial charge in [0.15, 0.2) is 5.96 Å². The lowest BCUT2D eigenvalue weighted by Crippen LogP contribution is -2.46. The second kappa shape index (κ2) is 15.1. The molecule has 7 nitrogen and oxygen atoms in total. The second-order valence-electron chi connectivity index (χ2n) is 7.83. The van der Waals surface area contributed by atoms with Crippen molar-refractivity contribution < 1.29 is 14.6 Å². The van der Waals surface area contributed by atoms with E-state index in [9.17, 15) is 5.11 Å². The number of nitrogens with one attached hydrogen (secondary N) is 2. The van der Waals surface area contributed by atoms with Crippen molar-refractivity contribution in [2.24, 2.45) is 4.99 Å². The number of guanidine groups is 1. The molecule has 1 heterocycles. The van der Waals surface area contributed by atoms with Crippen molar-refractivity contribution in [3.63, 3.8) is 0 Å². The van der Waals surface area contributed by atoms with Gasteiger partial charge in [-0.1, -0.05) is 42.5 Å². The van der Waals surface area contributed by atoms with Crippen LogP contribution in [0.15, 0.2) is 59.6 Å². The number of morpholine rings is 1. The third-order valence-corrected chi connectivity index (χ3v) is 5.76. The summed E-state index contributed by atoms with van der Waals surface area (Å²) in [6, 6.07) is 18.5. The predicted octanol–water partition coefficient (Wildman–Crippen LogP) is 3.02. The second-order valence-corrected chi connectivity index (χ2v) is 7.83. The Hall–Kier alpha value is -1.88. The quantitative estimate of drug-likeness (QED) is 0.233. The maximum Gasteiger partial charge on any atom is 0.191 e. The molecule has 1 aliphatic heterocycles. The number of aliphatic hydroxyl groups is 1. The Balaban J connectivity index is 0.00000385. The lowest BCUT2D eigenvalue weighted by atomic mass is 10.0. The fraction of sp³-hybridized carbons (Fsp3) is 0.480. The molecule has 3 N–H and O–H groups in total. The molecule has 0 aromatic heterocycles. The third-order valence-electron chi connectivity index (χ3n) is 5.76. The molecule has 2 atom stereocenters. The smallest absolute Gasteiger partial charge is 0.191 e. The first-order valence-corrected chi connectivity index (χ1v) is 11.4. The Morgan fingerprint density at radius 2 is 1.76 bits per heavy atom. The van der Waals surface area contributed by atoms with Crippen LogP contribution in [-0.2, 0) is 4.74 Å². The van der Waals surface area contributed by atoms with Gasteiger partial charge in [-0.25, -0.2) is 0 Å². The number of rotatable bonds is 10. The van der Waals surface area contributed by atoms with E-state index in [4.69, 9.17) is 14.5 Å². The summed E-state index contributed by atoms with van der Waals surface area (Å²) in [5.41, 5.74) is 2.33. The first-order valence-electron chi connectivity index (χ1n) is 11.4. The summed E-state index contributed by atoms with van der Waals surface area (Å²) >= 11 is 0. The van der Waals surface area contributed by atoms with Gasteiger partial charge in [-0.2, -0.15) is 0 Å². The molecule has 0 spiro atoms. The summed E-state index contributed by atoms with van der Waals surface area (Å²) in [5.74, 6) is 1.59. The van der Waals surface area contributed by atoms with E-state index in [-0.39, 0.29) is 42.5 Å². The van der Waals surface area contributed by atoms with E-state index in [1.807, 2.05) is 42.5 Å². The Bertz CT molecular complexity index is 814. The lowest BCUT2D eigenvalue weighted by molar-refractivity contribution is 0.0170. The van der Waals surface area contributed by atoms with Crippen molar-refractivity contribution in [2.75, 3.05) is 59.7 Å². The van der Waals surface area contributed by atoms with Crippen molar-refractivity contribution in [1.29, 1.82) is 0 Å². The van der Waals surface area contributed by atoms with Crippen LogP contribution in [0.5, 0.6) is 5.75 Å². The number of aliphatic hydroxyl groups excluding tert-OH is 1. The highest BCUT2D eigenvalue weighted by Crippen LogP contribution is 2.23. The molecule has 2 unspecified atom stereocenters. The fourth-order valence-corrected chi connectivity index (χ4v) is 3.90. The molecule has 8 heteroatoms. The highest BCUT2D eigenvalue weighted by molar-refractivity contribution is 14.0.